The molecule has 0 fully saturated rings. The predicted octanol–water partition coefficient (Wildman–Crippen LogP) is 3.83. The number of thiazole rings is 1. The monoisotopic (exact) mass is 476 g/mol. The van der Waals surface area contributed by atoms with Crippen molar-refractivity contribution in [2.24, 2.45) is 5.92 Å². The quantitative estimate of drug-likeness (QED) is 0.420. The van der Waals surface area contributed by atoms with Crippen LogP contribution in [0.25, 0.3) is 22.0 Å². The van der Waals surface area contributed by atoms with Crippen LogP contribution in [0.15, 0.2) is 41.6 Å². The molecular weight excluding hydrogens is 448 g/mol. The maximum absolute atomic E-state index is 13.1. The highest BCUT2D eigenvalue weighted by molar-refractivity contribution is 7.11. The van der Waals surface area contributed by atoms with Crippen LogP contribution in [-0.2, 0) is 17.9 Å². The van der Waals surface area contributed by atoms with Gasteiger partial charge in [-0.25, -0.2) is 9.97 Å². The van der Waals surface area contributed by atoms with E-state index >= 15 is 0 Å². The minimum atomic E-state index is -0.342. The molecule has 1 unspecified atom stereocenters. The van der Waals surface area contributed by atoms with Crippen LogP contribution >= 0.6 is 11.3 Å². The molecule has 0 spiro atoms. The maximum atomic E-state index is 13.1. The lowest BCUT2D eigenvalue weighted by molar-refractivity contribution is -0.124. The number of aryl methyl sites for hydroxylation is 3. The molecule has 0 aliphatic rings. The Bertz CT molecular complexity index is 1420. The Morgan fingerprint density at radius 1 is 1.12 bits per heavy atom. The molecule has 1 atom stereocenters. The molecule has 0 radical (unpaired) electrons. The topological polar surface area (TPSA) is 102 Å². The molecule has 0 bridgehead atoms. The van der Waals surface area contributed by atoms with E-state index in [1.165, 1.54) is 15.8 Å². The smallest absolute Gasteiger partial charge is 0.261 e. The van der Waals surface area contributed by atoms with Crippen LogP contribution in [0.4, 0.5) is 5.69 Å². The van der Waals surface area contributed by atoms with E-state index in [4.69, 9.17) is 0 Å². The normalized spacial score (nSPS) is 12.0. The molecule has 3 heterocycles. The van der Waals surface area contributed by atoms with Gasteiger partial charge in [-0.05, 0) is 44.5 Å². The van der Waals surface area contributed by atoms with E-state index in [1.807, 2.05) is 45.2 Å². The van der Waals surface area contributed by atoms with Crippen molar-refractivity contribution in [2.45, 2.75) is 40.8 Å². The van der Waals surface area contributed by atoms with Gasteiger partial charge in [-0.3, -0.25) is 19.1 Å². The summed E-state index contributed by atoms with van der Waals surface area (Å²) in [5.74, 6) is -0.457. The molecule has 8 nitrogen and oxygen atoms in total. The van der Waals surface area contributed by atoms with Crippen LogP contribution in [0, 0.1) is 26.7 Å². The third-order valence-corrected chi connectivity index (χ3v) is 6.92. The largest absolute Gasteiger partial charge is 0.379 e. The molecule has 0 saturated heterocycles. The second-order valence-corrected chi connectivity index (χ2v) is 9.69. The van der Waals surface area contributed by atoms with Gasteiger partial charge in [-0.2, -0.15) is 0 Å². The number of hydrogen-bond donors (Lipinski definition) is 2. The summed E-state index contributed by atoms with van der Waals surface area (Å²) in [6.07, 6.45) is 3.31. The van der Waals surface area contributed by atoms with Crippen LogP contribution in [0.5, 0.6) is 0 Å². The Balaban J connectivity index is 1.64. The summed E-state index contributed by atoms with van der Waals surface area (Å²) in [4.78, 5) is 39.7. The summed E-state index contributed by atoms with van der Waals surface area (Å²) in [6.45, 7) is 8.73. The van der Waals surface area contributed by atoms with Gasteiger partial charge in [0.15, 0.2) is 0 Å². The van der Waals surface area contributed by atoms with E-state index in [9.17, 15) is 9.59 Å². The van der Waals surface area contributed by atoms with Crippen LogP contribution in [-0.4, -0.2) is 32.5 Å². The first kappa shape index (κ1) is 23.6. The third-order valence-electron chi connectivity index (χ3n) is 5.85. The highest BCUT2D eigenvalue weighted by Crippen LogP contribution is 2.27. The van der Waals surface area contributed by atoms with Gasteiger partial charge in [-0.1, -0.05) is 13.0 Å². The summed E-state index contributed by atoms with van der Waals surface area (Å²) < 4.78 is 1.49. The number of carbonyl (C=O) groups is 1. The average molecular weight is 477 g/mol. The van der Waals surface area contributed by atoms with Gasteiger partial charge in [0.25, 0.3) is 5.56 Å². The number of aromatic nitrogens is 4. The minimum Gasteiger partial charge on any atom is -0.379 e. The highest BCUT2D eigenvalue weighted by atomic mass is 32.1. The van der Waals surface area contributed by atoms with Gasteiger partial charge in [0.1, 0.15) is 0 Å². The van der Waals surface area contributed by atoms with Crippen molar-refractivity contribution in [1.82, 2.24) is 24.8 Å². The SMILES string of the molecule is CNC(=O)C(C)Cn1cnc2ccc(-c3cnc(C)c(NCc4sc(C)nc4C)c3)cc2c1=O. The molecule has 4 aromatic rings. The van der Waals surface area contributed by atoms with Crippen LogP contribution in [0.3, 0.4) is 0 Å². The molecule has 1 amide bonds. The summed E-state index contributed by atoms with van der Waals surface area (Å²) in [7, 11) is 1.59. The molecule has 9 heteroatoms. The molecule has 2 N–H and O–H groups in total. The highest BCUT2D eigenvalue weighted by Gasteiger charge is 2.15. The van der Waals surface area contributed by atoms with Crippen molar-refractivity contribution in [3.63, 3.8) is 0 Å². The fourth-order valence-electron chi connectivity index (χ4n) is 3.88. The van der Waals surface area contributed by atoms with Gasteiger partial charge < -0.3 is 10.6 Å². The Hall–Kier alpha value is -3.59. The maximum Gasteiger partial charge on any atom is 0.261 e. The summed E-state index contributed by atoms with van der Waals surface area (Å²) in [6, 6.07) is 7.68. The summed E-state index contributed by atoms with van der Waals surface area (Å²) in [5.41, 5.74) is 5.11. The van der Waals surface area contributed by atoms with Gasteiger partial charge in [0, 0.05) is 30.2 Å². The Morgan fingerprint density at radius 3 is 2.62 bits per heavy atom. The van der Waals surface area contributed by atoms with Crippen molar-refractivity contribution in [3.8, 4) is 11.1 Å². The number of rotatable bonds is 7. The number of benzene rings is 1. The number of fused-ring (bicyclic) bond motifs is 1. The molecule has 4 rings (SSSR count). The van der Waals surface area contributed by atoms with Crippen molar-refractivity contribution in [1.29, 1.82) is 0 Å². The van der Waals surface area contributed by atoms with Crippen molar-refractivity contribution in [2.75, 3.05) is 12.4 Å². The molecule has 0 aliphatic carbocycles. The second-order valence-electron chi connectivity index (χ2n) is 8.40. The number of anilines is 1. The van der Waals surface area contributed by atoms with Gasteiger partial charge in [-0.15, -0.1) is 11.3 Å². The molecule has 34 heavy (non-hydrogen) atoms. The van der Waals surface area contributed by atoms with Crippen LogP contribution < -0.4 is 16.2 Å². The van der Waals surface area contributed by atoms with E-state index in [-0.39, 0.29) is 23.9 Å². The van der Waals surface area contributed by atoms with Crippen molar-refractivity contribution < 1.29 is 4.79 Å². The predicted molar refractivity (Wildman–Crippen MR) is 136 cm³/mol. The number of amides is 1. The van der Waals surface area contributed by atoms with E-state index in [0.29, 0.717) is 17.4 Å². The molecule has 1 aromatic carbocycles. The zero-order chi connectivity index (χ0) is 24.4. The molecule has 0 saturated carbocycles. The van der Waals surface area contributed by atoms with E-state index in [1.54, 1.807) is 25.3 Å². The third kappa shape index (κ3) is 4.84. The number of nitrogens with one attached hydrogen (secondary N) is 2. The molecule has 3 aromatic heterocycles. The fraction of sp³-hybridized carbons (Fsp3) is 0.320. The Kier molecular flexibility index (Phi) is 6.74. The number of hydrogen-bond acceptors (Lipinski definition) is 7. The molecular formula is C25H28N6O2S. The number of pyridine rings is 1. The first-order valence-corrected chi connectivity index (χ1v) is 11.9. The van der Waals surface area contributed by atoms with Gasteiger partial charge in [0.05, 0.1) is 51.8 Å². The molecule has 0 aliphatic heterocycles. The molecule has 176 valence electrons. The number of carbonyl (C=O) groups excluding carboxylic acids is 1. The van der Waals surface area contributed by atoms with E-state index in [0.717, 1.165) is 33.2 Å². The van der Waals surface area contributed by atoms with Crippen LogP contribution in [0.1, 0.15) is 28.2 Å². The number of nitrogens with zero attached hydrogens (tertiary/aromatic N) is 4. The van der Waals surface area contributed by atoms with Crippen molar-refractivity contribution in [3.05, 3.63) is 68.4 Å². The first-order valence-electron chi connectivity index (χ1n) is 11.1. The summed E-state index contributed by atoms with van der Waals surface area (Å²) >= 11 is 1.69. The Morgan fingerprint density at radius 2 is 1.91 bits per heavy atom. The zero-order valence-electron chi connectivity index (χ0n) is 20.0. The Labute approximate surface area is 202 Å². The lowest BCUT2D eigenvalue weighted by Crippen LogP contribution is -2.32. The standard InChI is InChI=1S/C25H28N6O2S/c1-14(24(32)26-5)12-31-13-29-21-7-6-18(8-20(21)25(31)33)19-9-22(15(2)27-10-19)28-11-23-16(3)30-17(4)34-23/h6-10,13-14,28H,11-12H2,1-5H3,(H,26,32). The van der Waals surface area contributed by atoms with Crippen molar-refractivity contribution >= 4 is 33.8 Å². The lowest BCUT2D eigenvalue weighted by atomic mass is 10.0. The fourth-order valence-corrected chi connectivity index (χ4v) is 4.75. The summed E-state index contributed by atoms with van der Waals surface area (Å²) in [5, 5.41) is 7.66. The van der Waals surface area contributed by atoms with Crippen LogP contribution in [0.2, 0.25) is 0 Å². The van der Waals surface area contributed by atoms with E-state index in [2.05, 4.69) is 31.7 Å². The lowest BCUT2D eigenvalue weighted by Gasteiger charge is -2.13. The first-order chi connectivity index (χ1) is 16.3. The van der Waals surface area contributed by atoms with Gasteiger partial charge >= 0.3 is 0 Å². The zero-order valence-corrected chi connectivity index (χ0v) is 20.8. The van der Waals surface area contributed by atoms with Gasteiger partial charge in [0.2, 0.25) is 5.91 Å². The minimum absolute atomic E-state index is 0.116. The average Bonchev–Trinajstić information content (AvgIpc) is 3.16. The second kappa shape index (κ2) is 9.72. The van der Waals surface area contributed by atoms with E-state index < -0.39 is 0 Å².